The normalized spacial score (nSPS) is 20.3. The third-order valence-corrected chi connectivity index (χ3v) is 6.49. The molecule has 6 nitrogen and oxygen atoms in total. The number of sulfonamides is 1. The Balaban J connectivity index is 1.55. The Morgan fingerprint density at radius 2 is 1.93 bits per heavy atom. The Kier molecular flexibility index (Phi) is 6.70. The lowest BCUT2D eigenvalue weighted by atomic mass is 9.86. The monoisotopic (exact) mass is 402 g/mol. The Morgan fingerprint density at radius 3 is 2.61 bits per heavy atom. The first-order chi connectivity index (χ1) is 13.4. The van der Waals surface area contributed by atoms with Crippen molar-refractivity contribution in [1.82, 2.24) is 10.0 Å². The second kappa shape index (κ2) is 9.21. The zero-order valence-corrected chi connectivity index (χ0v) is 16.7. The van der Waals surface area contributed by atoms with Crippen molar-refractivity contribution in [1.29, 1.82) is 0 Å². The van der Waals surface area contributed by atoms with E-state index >= 15 is 0 Å². The maximum absolute atomic E-state index is 12.3. The van der Waals surface area contributed by atoms with Crippen LogP contribution in [0.15, 0.2) is 58.1 Å². The lowest BCUT2D eigenvalue weighted by Crippen LogP contribution is -2.40. The van der Waals surface area contributed by atoms with Crippen LogP contribution < -0.4 is 10.0 Å². The predicted octanol–water partition coefficient (Wildman–Crippen LogP) is 3.47. The lowest BCUT2D eigenvalue weighted by molar-refractivity contribution is -0.117. The molecule has 1 fully saturated rings. The fraction of sp³-hybridized carbons (Fsp3) is 0.381. The summed E-state index contributed by atoms with van der Waals surface area (Å²) in [5, 5.41) is 3.06. The molecule has 1 saturated carbocycles. The molecular weight excluding hydrogens is 376 g/mol. The van der Waals surface area contributed by atoms with E-state index in [1.165, 1.54) is 30.9 Å². The summed E-state index contributed by atoms with van der Waals surface area (Å²) >= 11 is 0. The van der Waals surface area contributed by atoms with Gasteiger partial charge in [-0.2, -0.15) is 0 Å². The van der Waals surface area contributed by atoms with E-state index in [-0.39, 0.29) is 23.4 Å². The molecule has 2 N–H and O–H groups in total. The summed E-state index contributed by atoms with van der Waals surface area (Å²) in [6.07, 6.45) is 9.25. The minimum absolute atomic E-state index is 0.0940. The topological polar surface area (TPSA) is 88.4 Å². The Bertz CT molecular complexity index is 902. The molecule has 28 heavy (non-hydrogen) atoms. The lowest BCUT2D eigenvalue weighted by Gasteiger charge is -2.29. The van der Waals surface area contributed by atoms with Gasteiger partial charge in [0.2, 0.25) is 15.9 Å². The minimum Gasteiger partial charge on any atom is -0.468 e. The zero-order chi connectivity index (χ0) is 20.0. The summed E-state index contributed by atoms with van der Waals surface area (Å²) in [4.78, 5) is 12.3. The number of rotatable bonds is 7. The highest BCUT2D eigenvalue weighted by molar-refractivity contribution is 7.89. The number of amides is 1. The molecule has 1 aliphatic rings. The van der Waals surface area contributed by atoms with Crippen molar-refractivity contribution in [3.63, 3.8) is 0 Å². The molecule has 2 atom stereocenters. The van der Waals surface area contributed by atoms with Crippen LogP contribution in [0.5, 0.6) is 0 Å². The molecule has 0 unspecified atom stereocenters. The number of carbonyl (C=O) groups is 1. The molecule has 150 valence electrons. The van der Waals surface area contributed by atoms with Gasteiger partial charge < -0.3 is 9.73 Å². The van der Waals surface area contributed by atoms with Gasteiger partial charge in [-0.3, -0.25) is 4.79 Å². The van der Waals surface area contributed by atoms with Gasteiger partial charge in [-0.25, -0.2) is 13.1 Å². The van der Waals surface area contributed by atoms with Gasteiger partial charge in [0.1, 0.15) is 5.76 Å². The van der Waals surface area contributed by atoms with Crippen molar-refractivity contribution in [2.75, 3.05) is 0 Å². The SMILES string of the molecule is C[C@H]1CCCC[C@@H]1NC(=O)/C=C/c1ccc(S(=O)(=O)NCc2ccco2)cc1. The summed E-state index contributed by atoms with van der Waals surface area (Å²) < 4.78 is 32.3. The van der Waals surface area contributed by atoms with Crippen molar-refractivity contribution < 1.29 is 17.6 Å². The molecule has 0 saturated heterocycles. The van der Waals surface area contributed by atoms with Crippen LogP contribution in [0.1, 0.15) is 43.9 Å². The molecule has 1 aromatic heterocycles. The smallest absolute Gasteiger partial charge is 0.244 e. The Labute approximate surface area is 166 Å². The number of furan rings is 1. The van der Waals surface area contributed by atoms with Crippen LogP contribution in [-0.2, 0) is 21.4 Å². The first-order valence-electron chi connectivity index (χ1n) is 9.55. The average Bonchev–Trinajstić information content (AvgIpc) is 3.21. The summed E-state index contributed by atoms with van der Waals surface area (Å²) in [6, 6.07) is 10.0. The van der Waals surface area contributed by atoms with E-state index in [0.717, 1.165) is 24.8 Å². The third kappa shape index (κ3) is 5.56. The molecule has 3 rings (SSSR count). The maximum Gasteiger partial charge on any atom is 0.244 e. The summed E-state index contributed by atoms with van der Waals surface area (Å²) in [5.74, 6) is 0.932. The highest BCUT2D eigenvalue weighted by Crippen LogP contribution is 2.23. The van der Waals surface area contributed by atoms with Crippen molar-refractivity contribution >= 4 is 22.0 Å². The van der Waals surface area contributed by atoms with Crippen LogP contribution >= 0.6 is 0 Å². The Morgan fingerprint density at radius 1 is 1.18 bits per heavy atom. The largest absolute Gasteiger partial charge is 0.468 e. The molecular formula is C21H26N2O4S. The molecule has 1 amide bonds. The van der Waals surface area contributed by atoms with Crippen LogP contribution in [0.3, 0.4) is 0 Å². The van der Waals surface area contributed by atoms with Crippen LogP contribution in [0.4, 0.5) is 0 Å². The highest BCUT2D eigenvalue weighted by Gasteiger charge is 2.21. The molecule has 0 radical (unpaired) electrons. The molecule has 0 spiro atoms. The van der Waals surface area contributed by atoms with Crippen LogP contribution in [0.25, 0.3) is 6.08 Å². The predicted molar refractivity (Wildman–Crippen MR) is 108 cm³/mol. The standard InChI is InChI=1S/C21H26N2O4S/c1-16-5-2-3-7-20(16)23-21(24)13-10-17-8-11-19(12-9-17)28(25,26)22-15-18-6-4-14-27-18/h4,6,8-14,16,20,22H,2-3,5,7,15H2,1H3,(H,23,24)/b13-10+/t16-,20-/m0/s1. The summed E-state index contributed by atoms with van der Waals surface area (Å²) in [6.45, 7) is 2.27. The molecule has 0 bridgehead atoms. The van der Waals surface area contributed by atoms with Crippen molar-refractivity contribution in [2.24, 2.45) is 5.92 Å². The van der Waals surface area contributed by atoms with Crippen molar-refractivity contribution in [2.45, 2.75) is 50.1 Å². The first kappa shape index (κ1) is 20.4. The van der Waals surface area contributed by atoms with Gasteiger partial charge in [-0.05, 0) is 54.7 Å². The van der Waals surface area contributed by atoms with Gasteiger partial charge in [0.15, 0.2) is 0 Å². The molecule has 7 heteroatoms. The van der Waals surface area contributed by atoms with E-state index in [0.29, 0.717) is 11.7 Å². The number of benzene rings is 1. The maximum atomic E-state index is 12.3. The van der Waals surface area contributed by atoms with Gasteiger partial charge in [0, 0.05) is 12.1 Å². The van der Waals surface area contributed by atoms with E-state index < -0.39 is 10.0 Å². The van der Waals surface area contributed by atoms with Gasteiger partial charge in [0.05, 0.1) is 17.7 Å². The van der Waals surface area contributed by atoms with E-state index in [2.05, 4.69) is 17.0 Å². The number of nitrogens with one attached hydrogen (secondary N) is 2. The molecule has 1 aromatic carbocycles. The fourth-order valence-electron chi connectivity index (χ4n) is 3.35. The molecule has 0 aliphatic heterocycles. The first-order valence-corrected chi connectivity index (χ1v) is 11.0. The number of carbonyl (C=O) groups excluding carboxylic acids is 1. The quantitative estimate of drug-likeness (QED) is 0.694. The third-order valence-electron chi connectivity index (χ3n) is 5.07. The van der Waals surface area contributed by atoms with Crippen LogP contribution in [0.2, 0.25) is 0 Å². The van der Waals surface area contributed by atoms with Crippen LogP contribution in [-0.4, -0.2) is 20.4 Å². The summed E-state index contributed by atoms with van der Waals surface area (Å²) in [5.41, 5.74) is 0.761. The Hall–Kier alpha value is -2.38. The summed E-state index contributed by atoms with van der Waals surface area (Å²) in [7, 11) is -3.62. The molecule has 1 aliphatic carbocycles. The van der Waals surface area contributed by atoms with Gasteiger partial charge in [-0.1, -0.05) is 31.9 Å². The van der Waals surface area contributed by atoms with Crippen molar-refractivity contribution in [3.8, 4) is 0 Å². The van der Waals surface area contributed by atoms with Crippen molar-refractivity contribution in [3.05, 3.63) is 60.1 Å². The van der Waals surface area contributed by atoms with E-state index in [9.17, 15) is 13.2 Å². The van der Waals surface area contributed by atoms with E-state index in [1.54, 1.807) is 30.3 Å². The van der Waals surface area contributed by atoms with Gasteiger partial charge in [0.25, 0.3) is 0 Å². The van der Waals surface area contributed by atoms with Gasteiger partial charge >= 0.3 is 0 Å². The minimum atomic E-state index is -3.62. The molecule has 2 aromatic rings. The highest BCUT2D eigenvalue weighted by atomic mass is 32.2. The second-order valence-corrected chi connectivity index (χ2v) is 8.95. The zero-order valence-electron chi connectivity index (χ0n) is 15.9. The fourth-order valence-corrected chi connectivity index (χ4v) is 4.35. The van der Waals surface area contributed by atoms with Crippen LogP contribution in [0, 0.1) is 5.92 Å². The molecule has 1 heterocycles. The number of hydrogen-bond donors (Lipinski definition) is 2. The van der Waals surface area contributed by atoms with E-state index in [4.69, 9.17) is 4.42 Å². The number of hydrogen-bond acceptors (Lipinski definition) is 4. The van der Waals surface area contributed by atoms with E-state index in [1.807, 2.05) is 0 Å². The second-order valence-electron chi connectivity index (χ2n) is 7.18. The average molecular weight is 403 g/mol. The van der Waals surface area contributed by atoms with Gasteiger partial charge in [-0.15, -0.1) is 0 Å².